The summed E-state index contributed by atoms with van der Waals surface area (Å²) in [5.74, 6) is 0.462. The summed E-state index contributed by atoms with van der Waals surface area (Å²) in [5.41, 5.74) is 2.57. The number of carbonyl (C=O) groups excluding carboxylic acids is 1. The molecule has 2 unspecified atom stereocenters. The van der Waals surface area contributed by atoms with E-state index in [0.29, 0.717) is 6.42 Å². The molecule has 41 heavy (non-hydrogen) atoms. The number of aryl methyl sites for hydroxylation is 1. The molecule has 0 N–H and O–H groups in total. The highest BCUT2D eigenvalue weighted by Crippen LogP contribution is 2.21. The number of hydrogen-bond acceptors (Lipinski definition) is 3. The van der Waals surface area contributed by atoms with Gasteiger partial charge < -0.3 is 14.0 Å². The fraction of sp³-hybridized carbons (Fsp3) is 0.649. The molecule has 2 rings (SSSR count). The number of esters is 1. The number of benzene rings is 2. The molecule has 0 aliphatic rings. The van der Waals surface area contributed by atoms with E-state index in [4.69, 9.17) is 9.47 Å². The van der Waals surface area contributed by atoms with Crippen LogP contribution in [0.15, 0.2) is 54.6 Å². The van der Waals surface area contributed by atoms with Crippen LogP contribution < -0.4 is 4.74 Å². The Morgan fingerprint density at radius 3 is 1.88 bits per heavy atom. The lowest BCUT2D eigenvalue weighted by molar-refractivity contribution is -0.906. The molecule has 0 aliphatic carbocycles. The van der Waals surface area contributed by atoms with Crippen LogP contribution in [-0.4, -0.2) is 37.4 Å². The third-order valence-corrected chi connectivity index (χ3v) is 8.06. The Hall–Kier alpha value is -2.33. The lowest BCUT2D eigenvalue weighted by Crippen LogP contribution is -2.45. The number of unbranched alkanes of at least 4 members (excludes halogenated alkanes) is 11. The largest absolute Gasteiger partial charge is 0.455 e. The van der Waals surface area contributed by atoms with Gasteiger partial charge >= 0.3 is 5.97 Å². The molecular formula is C37H60NO3+. The summed E-state index contributed by atoms with van der Waals surface area (Å²) >= 11 is 0. The van der Waals surface area contributed by atoms with Crippen LogP contribution in [0.4, 0.5) is 0 Å². The number of nitrogens with zero attached hydrogens (tertiary/aromatic N) is 1. The number of carbonyl (C=O) groups is 1. The third-order valence-electron chi connectivity index (χ3n) is 8.06. The maximum absolute atomic E-state index is 13.2. The molecule has 0 saturated carbocycles. The Bertz CT molecular complexity index is 942. The third kappa shape index (κ3) is 15.5. The van der Waals surface area contributed by atoms with Crippen LogP contribution in [0.2, 0.25) is 0 Å². The molecule has 0 amide bonds. The SMILES string of the molecule is CCCCCCCCCCCCCCc1cccc(OC(CC)OC(=O)C(CC)C[N+](C)(C)Cc2ccccc2)c1. The van der Waals surface area contributed by atoms with Crippen molar-refractivity contribution in [2.75, 3.05) is 20.6 Å². The van der Waals surface area contributed by atoms with E-state index in [1.807, 2.05) is 19.1 Å². The first kappa shape index (κ1) is 34.9. The molecule has 0 aliphatic heterocycles. The topological polar surface area (TPSA) is 35.5 Å². The van der Waals surface area contributed by atoms with Gasteiger partial charge in [0.1, 0.15) is 18.2 Å². The second kappa shape index (κ2) is 20.5. The number of ether oxygens (including phenoxy) is 2. The van der Waals surface area contributed by atoms with Crippen molar-refractivity contribution in [3.63, 3.8) is 0 Å². The maximum atomic E-state index is 13.2. The summed E-state index contributed by atoms with van der Waals surface area (Å²) in [4.78, 5) is 13.2. The number of rotatable bonds is 23. The van der Waals surface area contributed by atoms with Crippen LogP contribution in [-0.2, 0) is 22.5 Å². The standard InChI is InChI=1S/C37H60NO3/c1-6-9-10-11-12-13-14-15-16-17-18-20-24-32-27-23-28-35(29-32)40-36(8-3)41-37(39)34(7-2)31-38(4,5)30-33-25-21-19-22-26-33/h19,21-23,25-29,34,36H,6-18,20,24,30-31H2,1-5H3/q+1. The van der Waals surface area contributed by atoms with Crippen LogP contribution >= 0.6 is 0 Å². The molecule has 2 aromatic carbocycles. The van der Waals surface area contributed by atoms with Crippen molar-refractivity contribution in [3.8, 4) is 5.75 Å². The Kier molecular flexibility index (Phi) is 17.5. The summed E-state index contributed by atoms with van der Waals surface area (Å²) in [7, 11) is 4.36. The van der Waals surface area contributed by atoms with Gasteiger partial charge in [-0.2, -0.15) is 0 Å². The van der Waals surface area contributed by atoms with E-state index in [0.717, 1.165) is 36.2 Å². The first-order valence-corrected chi connectivity index (χ1v) is 16.7. The molecule has 0 heterocycles. The minimum Gasteiger partial charge on any atom is -0.455 e. The lowest BCUT2D eigenvalue weighted by Gasteiger charge is -2.33. The van der Waals surface area contributed by atoms with Crippen LogP contribution in [0.25, 0.3) is 0 Å². The first-order valence-electron chi connectivity index (χ1n) is 16.7. The summed E-state index contributed by atoms with van der Waals surface area (Å²) < 4.78 is 12.8. The van der Waals surface area contributed by atoms with Crippen molar-refractivity contribution >= 4 is 5.97 Å². The predicted molar refractivity (Wildman–Crippen MR) is 173 cm³/mol. The van der Waals surface area contributed by atoms with Gasteiger partial charge in [0.05, 0.1) is 20.6 Å². The average molecular weight is 567 g/mol. The minimum absolute atomic E-state index is 0.161. The monoisotopic (exact) mass is 566 g/mol. The van der Waals surface area contributed by atoms with Crippen molar-refractivity contribution < 1.29 is 18.8 Å². The van der Waals surface area contributed by atoms with E-state index in [9.17, 15) is 4.79 Å². The van der Waals surface area contributed by atoms with Crippen LogP contribution in [0.3, 0.4) is 0 Å². The number of hydrogen-bond donors (Lipinski definition) is 0. The van der Waals surface area contributed by atoms with Gasteiger partial charge in [0.2, 0.25) is 6.29 Å². The van der Waals surface area contributed by atoms with E-state index >= 15 is 0 Å². The predicted octanol–water partition coefficient (Wildman–Crippen LogP) is 9.89. The van der Waals surface area contributed by atoms with Crippen molar-refractivity contribution in [3.05, 3.63) is 65.7 Å². The summed E-state index contributed by atoms with van der Waals surface area (Å²) in [6.45, 7) is 7.96. The van der Waals surface area contributed by atoms with Crippen molar-refractivity contribution in [2.45, 2.75) is 130 Å². The van der Waals surface area contributed by atoms with E-state index in [2.05, 4.69) is 70.4 Å². The normalized spacial score (nSPS) is 13.1. The van der Waals surface area contributed by atoms with Crippen LogP contribution in [0.1, 0.15) is 122 Å². The van der Waals surface area contributed by atoms with Gasteiger partial charge in [-0.25, -0.2) is 0 Å². The Morgan fingerprint density at radius 2 is 1.29 bits per heavy atom. The van der Waals surface area contributed by atoms with Crippen molar-refractivity contribution in [1.82, 2.24) is 0 Å². The zero-order valence-corrected chi connectivity index (χ0v) is 27.0. The smallest absolute Gasteiger partial charge is 0.317 e. The van der Waals surface area contributed by atoms with Gasteiger partial charge in [-0.05, 0) is 37.0 Å². The molecule has 0 fully saturated rings. The molecule has 0 spiro atoms. The van der Waals surface area contributed by atoms with Gasteiger partial charge in [-0.1, -0.05) is 134 Å². The highest BCUT2D eigenvalue weighted by atomic mass is 16.7. The molecule has 0 aromatic heterocycles. The second-order valence-electron chi connectivity index (χ2n) is 12.5. The summed E-state index contributed by atoms with van der Waals surface area (Å²) in [5, 5.41) is 0. The molecule has 2 aromatic rings. The molecule has 0 bridgehead atoms. The van der Waals surface area contributed by atoms with E-state index < -0.39 is 6.29 Å². The van der Waals surface area contributed by atoms with Crippen LogP contribution in [0.5, 0.6) is 5.75 Å². The van der Waals surface area contributed by atoms with E-state index in [-0.39, 0.29) is 11.9 Å². The van der Waals surface area contributed by atoms with Gasteiger partial charge in [0, 0.05) is 12.0 Å². The average Bonchev–Trinajstić information content (AvgIpc) is 2.96. The second-order valence-corrected chi connectivity index (χ2v) is 12.5. The maximum Gasteiger partial charge on any atom is 0.317 e. The summed E-state index contributed by atoms with van der Waals surface area (Å²) in [6, 6.07) is 18.8. The van der Waals surface area contributed by atoms with Gasteiger partial charge in [-0.15, -0.1) is 0 Å². The zero-order chi connectivity index (χ0) is 29.8. The Morgan fingerprint density at radius 1 is 0.707 bits per heavy atom. The molecule has 4 nitrogen and oxygen atoms in total. The van der Waals surface area contributed by atoms with E-state index in [1.54, 1.807) is 0 Å². The molecule has 2 atom stereocenters. The molecular weight excluding hydrogens is 506 g/mol. The molecule has 4 heteroatoms. The summed E-state index contributed by atoms with van der Waals surface area (Å²) in [6.07, 6.45) is 18.2. The van der Waals surface area contributed by atoms with Gasteiger partial charge in [0.15, 0.2) is 0 Å². The van der Waals surface area contributed by atoms with Crippen molar-refractivity contribution in [1.29, 1.82) is 0 Å². The zero-order valence-electron chi connectivity index (χ0n) is 27.0. The van der Waals surface area contributed by atoms with Crippen molar-refractivity contribution in [2.24, 2.45) is 5.92 Å². The first-order chi connectivity index (χ1) is 19.9. The fourth-order valence-electron chi connectivity index (χ4n) is 5.62. The number of quaternary nitrogens is 1. The quantitative estimate of drug-likeness (QED) is 0.0581. The molecule has 0 saturated heterocycles. The lowest BCUT2D eigenvalue weighted by atomic mass is 10.0. The molecule has 230 valence electrons. The Labute approximate surface area is 252 Å². The highest BCUT2D eigenvalue weighted by Gasteiger charge is 2.30. The van der Waals surface area contributed by atoms with Crippen LogP contribution in [0, 0.1) is 5.92 Å². The fourth-order valence-corrected chi connectivity index (χ4v) is 5.62. The van der Waals surface area contributed by atoms with Gasteiger partial charge in [-0.3, -0.25) is 4.79 Å². The molecule has 0 radical (unpaired) electrons. The minimum atomic E-state index is -0.566. The van der Waals surface area contributed by atoms with Gasteiger partial charge in [0.25, 0.3) is 0 Å². The Balaban J connectivity index is 1.71. The highest BCUT2D eigenvalue weighted by molar-refractivity contribution is 5.72. The van der Waals surface area contributed by atoms with E-state index in [1.165, 1.54) is 88.2 Å².